The second kappa shape index (κ2) is 14.2. The van der Waals surface area contributed by atoms with Crippen LogP contribution in [-0.2, 0) is 18.9 Å². The number of ether oxygens (including phenoxy) is 4. The van der Waals surface area contributed by atoms with E-state index in [1.54, 1.807) is 0 Å². The standard InChI is InChI=1S/C13H29NO8/c1-10(16)12(17)13(18)11(8-15)22-9-21-7-6-20-5-4-19-3-2-14/h10-13,15-18H,2-9,14H2,1H3/t10-,11?,12?,13+/m0/s1. The average Bonchev–Trinajstić information content (AvgIpc) is 2.51. The Balaban J connectivity index is 3.59. The quantitative estimate of drug-likeness (QED) is 0.162. The third-order valence-electron chi connectivity index (χ3n) is 2.78. The van der Waals surface area contributed by atoms with Crippen LogP contribution in [0.1, 0.15) is 6.92 Å². The zero-order chi connectivity index (χ0) is 16.8. The van der Waals surface area contributed by atoms with Gasteiger partial charge in [-0.15, -0.1) is 0 Å². The Morgan fingerprint density at radius 2 is 1.41 bits per heavy atom. The first kappa shape index (κ1) is 21.6. The van der Waals surface area contributed by atoms with Crippen molar-refractivity contribution in [2.24, 2.45) is 5.73 Å². The second-order valence-electron chi connectivity index (χ2n) is 4.65. The van der Waals surface area contributed by atoms with Gasteiger partial charge < -0.3 is 45.1 Å². The normalized spacial score (nSPS) is 17.2. The maximum atomic E-state index is 9.69. The Morgan fingerprint density at radius 3 is 1.91 bits per heavy atom. The van der Waals surface area contributed by atoms with E-state index < -0.39 is 31.0 Å². The van der Waals surface area contributed by atoms with Gasteiger partial charge >= 0.3 is 0 Å². The van der Waals surface area contributed by atoms with Crippen LogP contribution in [0.4, 0.5) is 0 Å². The van der Waals surface area contributed by atoms with Crippen molar-refractivity contribution in [3.8, 4) is 0 Å². The van der Waals surface area contributed by atoms with Gasteiger partial charge in [-0.3, -0.25) is 0 Å². The van der Waals surface area contributed by atoms with Crippen molar-refractivity contribution in [2.75, 3.05) is 53.0 Å². The van der Waals surface area contributed by atoms with E-state index in [2.05, 4.69) is 0 Å². The molecule has 134 valence electrons. The fourth-order valence-corrected chi connectivity index (χ4v) is 1.48. The molecule has 22 heavy (non-hydrogen) atoms. The molecule has 0 radical (unpaired) electrons. The monoisotopic (exact) mass is 327 g/mol. The summed E-state index contributed by atoms with van der Waals surface area (Å²) in [6.07, 6.45) is -5.00. The van der Waals surface area contributed by atoms with Gasteiger partial charge in [0.1, 0.15) is 25.1 Å². The van der Waals surface area contributed by atoms with Crippen LogP contribution in [0.5, 0.6) is 0 Å². The highest BCUT2D eigenvalue weighted by Crippen LogP contribution is 2.08. The van der Waals surface area contributed by atoms with Crippen molar-refractivity contribution in [3.05, 3.63) is 0 Å². The molecule has 0 spiro atoms. The molecule has 4 atom stereocenters. The molecule has 0 aromatic carbocycles. The van der Waals surface area contributed by atoms with Crippen LogP contribution in [0.25, 0.3) is 0 Å². The lowest BCUT2D eigenvalue weighted by Gasteiger charge is -2.26. The first-order valence-electron chi connectivity index (χ1n) is 7.24. The summed E-state index contributed by atoms with van der Waals surface area (Å²) < 4.78 is 20.5. The Labute approximate surface area is 130 Å². The van der Waals surface area contributed by atoms with E-state index in [-0.39, 0.29) is 13.4 Å². The van der Waals surface area contributed by atoms with E-state index in [0.29, 0.717) is 33.0 Å². The maximum Gasteiger partial charge on any atom is 0.147 e. The molecular formula is C13H29NO8. The average molecular weight is 327 g/mol. The molecule has 0 rings (SSSR count). The number of hydrogen-bond donors (Lipinski definition) is 5. The highest BCUT2D eigenvalue weighted by atomic mass is 16.7. The van der Waals surface area contributed by atoms with Gasteiger partial charge in [-0.25, -0.2) is 0 Å². The van der Waals surface area contributed by atoms with Crippen LogP contribution in [0, 0.1) is 0 Å². The summed E-state index contributed by atoms with van der Waals surface area (Å²) in [6, 6.07) is 0. The van der Waals surface area contributed by atoms with Crippen molar-refractivity contribution in [1.29, 1.82) is 0 Å². The van der Waals surface area contributed by atoms with Crippen LogP contribution < -0.4 is 5.73 Å². The number of rotatable bonds is 15. The summed E-state index contributed by atoms with van der Waals surface area (Å²) in [5.74, 6) is 0. The third kappa shape index (κ3) is 10.4. The van der Waals surface area contributed by atoms with Gasteiger partial charge in [-0.05, 0) is 6.92 Å². The lowest BCUT2D eigenvalue weighted by molar-refractivity contribution is -0.172. The first-order valence-corrected chi connectivity index (χ1v) is 7.24. The smallest absolute Gasteiger partial charge is 0.147 e. The van der Waals surface area contributed by atoms with Crippen molar-refractivity contribution in [2.45, 2.75) is 31.3 Å². The largest absolute Gasteiger partial charge is 0.394 e. The van der Waals surface area contributed by atoms with Crippen molar-refractivity contribution in [1.82, 2.24) is 0 Å². The molecule has 0 bridgehead atoms. The minimum atomic E-state index is -1.41. The SMILES string of the molecule is C[C@H](O)C(O)[C@H](O)C(CO)OCOCCOCCOCCN. The molecule has 0 fully saturated rings. The van der Waals surface area contributed by atoms with Gasteiger partial charge in [-0.1, -0.05) is 0 Å². The minimum absolute atomic E-state index is 0.179. The van der Waals surface area contributed by atoms with Gasteiger partial charge in [0, 0.05) is 6.54 Å². The Morgan fingerprint density at radius 1 is 0.864 bits per heavy atom. The summed E-state index contributed by atoms with van der Waals surface area (Å²) in [7, 11) is 0. The Hall–Kier alpha value is -0.360. The van der Waals surface area contributed by atoms with Gasteiger partial charge in [0.25, 0.3) is 0 Å². The van der Waals surface area contributed by atoms with Gasteiger partial charge in [0.15, 0.2) is 0 Å². The van der Waals surface area contributed by atoms with Gasteiger partial charge in [0.2, 0.25) is 0 Å². The molecule has 6 N–H and O–H groups in total. The predicted octanol–water partition coefficient (Wildman–Crippen LogP) is -2.57. The minimum Gasteiger partial charge on any atom is -0.394 e. The number of aliphatic hydroxyl groups is 4. The Kier molecular flexibility index (Phi) is 14.0. The second-order valence-corrected chi connectivity index (χ2v) is 4.65. The number of aliphatic hydroxyl groups excluding tert-OH is 4. The van der Waals surface area contributed by atoms with Gasteiger partial charge in [-0.2, -0.15) is 0 Å². The van der Waals surface area contributed by atoms with Crippen LogP contribution in [0.15, 0.2) is 0 Å². The third-order valence-corrected chi connectivity index (χ3v) is 2.78. The van der Waals surface area contributed by atoms with E-state index in [1.807, 2.05) is 0 Å². The fraction of sp³-hybridized carbons (Fsp3) is 1.00. The summed E-state index contributed by atoms with van der Waals surface area (Å²) in [5, 5.41) is 37.4. The molecular weight excluding hydrogens is 298 g/mol. The van der Waals surface area contributed by atoms with E-state index >= 15 is 0 Å². The maximum absolute atomic E-state index is 9.69. The zero-order valence-electron chi connectivity index (χ0n) is 13.0. The van der Waals surface area contributed by atoms with E-state index in [9.17, 15) is 10.2 Å². The zero-order valence-corrected chi connectivity index (χ0v) is 13.0. The van der Waals surface area contributed by atoms with Crippen LogP contribution in [0.3, 0.4) is 0 Å². The molecule has 0 heterocycles. The van der Waals surface area contributed by atoms with E-state index in [0.717, 1.165) is 0 Å². The summed E-state index contributed by atoms with van der Waals surface area (Å²) in [6.45, 7) is 3.12. The first-order chi connectivity index (χ1) is 10.5. The lowest BCUT2D eigenvalue weighted by Crippen LogP contribution is -2.46. The lowest BCUT2D eigenvalue weighted by atomic mass is 10.0. The van der Waals surface area contributed by atoms with Gasteiger partial charge in [0.05, 0.1) is 45.7 Å². The predicted molar refractivity (Wildman–Crippen MR) is 77.2 cm³/mol. The molecule has 0 aliphatic rings. The molecule has 9 nitrogen and oxygen atoms in total. The van der Waals surface area contributed by atoms with E-state index in [1.165, 1.54) is 6.92 Å². The fourth-order valence-electron chi connectivity index (χ4n) is 1.48. The summed E-state index contributed by atoms with van der Waals surface area (Å²) in [4.78, 5) is 0. The molecule has 9 heteroatoms. The molecule has 0 aliphatic carbocycles. The topological polar surface area (TPSA) is 144 Å². The van der Waals surface area contributed by atoms with Crippen molar-refractivity contribution >= 4 is 0 Å². The molecule has 0 aliphatic heterocycles. The molecule has 0 saturated carbocycles. The molecule has 0 aromatic heterocycles. The molecule has 0 amide bonds. The van der Waals surface area contributed by atoms with Crippen molar-refractivity contribution in [3.63, 3.8) is 0 Å². The van der Waals surface area contributed by atoms with Crippen LogP contribution >= 0.6 is 0 Å². The number of nitrogens with two attached hydrogens (primary N) is 1. The van der Waals surface area contributed by atoms with Crippen molar-refractivity contribution < 1.29 is 39.4 Å². The highest BCUT2D eigenvalue weighted by Gasteiger charge is 2.29. The number of hydrogen-bond acceptors (Lipinski definition) is 9. The van der Waals surface area contributed by atoms with Crippen LogP contribution in [0.2, 0.25) is 0 Å². The molecule has 0 saturated heterocycles. The summed E-state index contributed by atoms with van der Waals surface area (Å²) in [5.41, 5.74) is 5.25. The molecule has 2 unspecified atom stereocenters. The molecule has 0 aromatic rings. The van der Waals surface area contributed by atoms with Crippen LogP contribution in [-0.4, -0.2) is 97.8 Å². The van der Waals surface area contributed by atoms with E-state index in [4.69, 9.17) is 34.9 Å². The summed E-state index contributed by atoms with van der Waals surface area (Å²) >= 11 is 0. The highest BCUT2D eigenvalue weighted by molar-refractivity contribution is 4.79. The Bertz CT molecular complexity index is 244.